The minimum atomic E-state index is -1.23. The van der Waals surface area contributed by atoms with Crippen LogP contribution in [0.25, 0.3) is 0 Å². The molecule has 2 atom stereocenters. The fourth-order valence-corrected chi connectivity index (χ4v) is 2.44. The number of hydrogen-bond donors (Lipinski definition) is 3. The fraction of sp³-hybridized carbons (Fsp3) is 0.500. The molecule has 1 rings (SSSR count). The molecule has 1 aromatic rings. The Morgan fingerprint density at radius 3 is 2.29 bits per heavy atom. The van der Waals surface area contributed by atoms with Crippen molar-refractivity contribution in [3.05, 3.63) is 34.9 Å². The van der Waals surface area contributed by atoms with E-state index in [2.05, 4.69) is 0 Å². The average molecular weight is 294 g/mol. The highest BCUT2D eigenvalue weighted by Crippen LogP contribution is 2.23. The number of aromatic carboxylic acids is 2. The summed E-state index contributed by atoms with van der Waals surface area (Å²) >= 11 is 0. The van der Waals surface area contributed by atoms with E-state index in [4.69, 9.17) is 5.11 Å². The van der Waals surface area contributed by atoms with Crippen LogP contribution in [0.4, 0.5) is 0 Å². The topological polar surface area (TPSA) is 94.8 Å². The number of carboxylic acids is 2. The molecular formula is C16H22O5. The van der Waals surface area contributed by atoms with Gasteiger partial charge in [0, 0.05) is 0 Å². The summed E-state index contributed by atoms with van der Waals surface area (Å²) < 4.78 is 0. The van der Waals surface area contributed by atoms with Crippen molar-refractivity contribution in [1.29, 1.82) is 0 Å². The predicted octanol–water partition coefficient (Wildman–Crippen LogP) is 2.81. The van der Waals surface area contributed by atoms with E-state index in [9.17, 15) is 19.8 Å². The van der Waals surface area contributed by atoms with Gasteiger partial charge in [0.15, 0.2) is 0 Å². The van der Waals surface area contributed by atoms with Crippen LogP contribution in [0.3, 0.4) is 0 Å². The van der Waals surface area contributed by atoms with E-state index < -0.39 is 11.9 Å². The van der Waals surface area contributed by atoms with Gasteiger partial charge in [-0.05, 0) is 43.7 Å². The molecule has 0 aliphatic heterocycles. The zero-order chi connectivity index (χ0) is 16.0. The summed E-state index contributed by atoms with van der Waals surface area (Å²) in [7, 11) is 0. The first-order valence-corrected chi connectivity index (χ1v) is 7.13. The van der Waals surface area contributed by atoms with Gasteiger partial charge >= 0.3 is 11.9 Å². The maximum atomic E-state index is 11.4. The lowest BCUT2D eigenvalue weighted by Crippen LogP contribution is -2.15. The summed E-state index contributed by atoms with van der Waals surface area (Å²) in [6.45, 7) is 3.73. The minimum absolute atomic E-state index is 0.125. The van der Waals surface area contributed by atoms with Gasteiger partial charge in [-0.3, -0.25) is 0 Å². The molecule has 0 saturated heterocycles. The second kappa shape index (κ2) is 7.78. The maximum absolute atomic E-state index is 11.4. The van der Waals surface area contributed by atoms with Gasteiger partial charge in [-0.15, -0.1) is 0 Å². The van der Waals surface area contributed by atoms with Gasteiger partial charge in [-0.2, -0.15) is 0 Å². The van der Waals surface area contributed by atoms with Gasteiger partial charge in [-0.1, -0.05) is 25.5 Å². The molecule has 0 fully saturated rings. The molecule has 0 aliphatic carbocycles. The number of benzene rings is 1. The molecule has 0 saturated carbocycles. The molecular weight excluding hydrogens is 272 g/mol. The number of hydrogen-bond acceptors (Lipinski definition) is 3. The number of carbonyl (C=O) groups is 2. The summed E-state index contributed by atoms with van der Waals surface area (Å²) in [4.78, 5) is 22.5. The molecule has 0 aliphatic rings. The Morgan fingerprint density at radius 1 is 1.14 bits per heavy atom. The van der Waals surface area contributed by atoms with Crippen molar-refractivity contribution < 1.29 is 24.9 Å². The summed E-state index contributed by atoms with van der Waals surface area (Å²) in [6.07, 6.45) is 2.40. The molecule has 3 N–H and O–H groups in total. The van der Waals surface area contributed by atoms with Crippen LogP contribution in [0, 0.1) is 5.92 Å². The van der Waals surface area contributed by atoms with Crippen LogP contribution < -0.4 is 0 Å². The van der Waals surface area contributed by atoms with E-state index in [1.165, 1.54) is 6.07 Å². The Labute approximate surface area is 124 Å². The standard InChI is InChI=1S/C16H22O5/c1-3-11(8-7-10(2)17)9-12-5-4-6-13(15(18)19)14(12)16(20)21/h4-6,10-11,17H,3,7-9H2,1-2H3,(H,18,19)(H,20,21). The van der Waals surface area contributed by atoms with Gasteiger partial charge in [-0.25, -0.2) is 9.59 Å². The van der Waals surface area contributed by atoms with Crippen molar-refractivity contribution in [2.75, 3.05) is 0 Å². The molecule has 5 heteroatoms. The monoisotopic (exact) mass is 294 g/mol. The molecule has 21 heavy (non-hydrogen) atoms. The van der Waals surface area contributed by atoms with Crippen molar-refractivity contribution in [3.63, 3.8) is 0 Å². The average Bonchev–Trinajstić information content (AvgIpc) is 2.42. The quantitative estimate of drug-likeness (QED) is 0.685. The maximum Gasteiger partial charge on any atom is 0.336 e. The van der Waals surface area contributed by atoms with Crippen LogP contribution in [-0.4, -0.2) is 33.4 Å². The summed E-state index contributed by atoms with van der Waals surface area (Å²) in [5.74, 6) is -2.22. The molecule has 0 spiro atoms. The zero-order valence-electron chi connectivity index (χ0n) is 12.4. The van der Waals surface area contributed by atoms with Gasteiger partial charge in [0.25, 0.3) is 0 Å². The third kappa shape index (κ3) is 4.86. The molecule has 5 nitrogen and oxygen atoms in total. The minimum Gasteiger partial charge on any atom is -0.478 e. The molecule has 2 unspecified atom stereocenters. The largest absolute Gasteiger partial charge is 0.478 e. The second-order valence-electron chi connectivity index (χ2n) is 5.35. The first-order chi connectivity index (χ1) is 9.86. The van der Waals surface area contributed by atoms with Gasteiger partial charge in [0.2, 0.25) is 0 Å². The first-order valence-electron chi connectivity index (χ1n) is 7.13. The van der Waals surface area contributed by atoms with Crippen LogP contribution in [0.15, 0.2) is 18.2 Å². The first kappa shape index (κ1) is 17.2. The molecule has 0 aromatic heterocycles. The Bertz CT molecular complexity index is 507. The number of carboxylic acid groups (broad SMARTS) is 2. The third-order valence-corrected chi connectivity index (χ3v) is 3.67. The smallest absolute Gasteiger partial charge is 0.336 e. The van der Waals surface area contributed by atoms with E-state index in [-0.39, 0.29) is 23.1 Å². The van der Waals surface area contributed by atoms with E-state index in [0.29, 0.717) is 18.4 Å². The Kier molecular flexibility index (Phi) is 6.37. The lowest BCUT2D eigenvalue weighted by Gasteiger charge is -2.18. The predicted molar refractivity (Wildman–Crippen MR) is 78.8 cm³/mol. The number of rotatable bonds is 8. The van der Waals surface area contributed by atoms with Crippen LogP contribution >= 0.6 is 0 Å². The van der Waals surface area contributed by atoms with Crippen molar-refractivity contribution in [2.24, 2.45) is 5.92 Å². The fourth-order valence-electron chi connectivity index (χ4n) is 2.44. The van der Waals surface area contributed by atoms with E-state index in [0.717, 1.165) is 12.8 Å². The molecule has 0 amide bonds. The summed E-state index contributed by atoms with van der Waals surface area (Å²) in [5, 5.41) is 27.8. The summed E-state index contributed by atoms with van der Waals surface area (Å²) in [6, 6.07) is 4.56. The van der Waals surface area contributed by atoms with Gasteiger partial charge < -0.3 is 15.3 Å². The second-order valence-corrected chi connectivity index (χ2v) is 5.35. The van der Waals surface area contributed by atoms with E-state index >= 15 is 0 Å². The molecule has 0 radical (unpaired) electrons. The molecule has 1 aromatic carbocycles. The lowest BCUT2D eigenvalue weighted by molar-refractivity contribution is 0.0650. The van der Waals surface area contributed by atoms with Crippen LogP contribution in [0.1, 0.15) is 59.4 Å². The molecule has 0 heterocycles. The Balaban J connectivity index is 3.03. The zero-order valence-corrected chi connectivity index (χ0v) is 12.4. The molecule has 116 valence electrons. The SMILES string of the molecule is CCC(CCC(C)O)Cc1cccc(C(=O)O)c1C(=O)O. The highest BCUT2D eigenvalue weighted by Gasteiger charge is 2.21. The van der Waals surface area contributed by atoms with Crippen LogP contribution in [-0.2, 0) is 6.42 Å². The third-order valence-electron chi connectivity index (χ3n) is 3.67. The van der Waals surface area contributed by atoms with Crippen molar-refractivity contribution in [2.45, 2.75) is 45.6 Å². The van der Waals surface area contributed by atoms with Crippen LogP contribution in [0.2, 0.25) is 0 Å². The normalized spacial score (nSPS) is 13.7. The van der Waals surface area contributed by atoms with Crippen LogP contribution in [0.5, 0.6) is 0 Å². The Morgan fingerprint density at radius 2 is 1.81 bits per heavy atom. The van der Waals surface area contributed by atoms with Gasteiger partial charge in [0.1, 0.15) is 0 Å². The van der Waals surface area contributed by atoms with E-state index in [1.807, 2.05) is 6.92 Å². The van der Waals surface area contributed by atoms with Crippen molar-refractivity contribution in [3.8, 4) is 0 Å². The molecule has 0 bridgehead atoms. The van der Waals surface area contributed by atoms with E-state index in [1.54, 1.807) is 19.1 Å². The van der Waals surface area contributed by atoms with Crippen molar-refractivity contribution >= 4 is 11.9 Å². The number of aliphatic hydroxyl groups excluding tert-OH is 1. The highest BCUT2D eigenvalue weighted by atomic mass is 16.4. The van der Waals surface area contributed by atoms with Gasteiger partial charge in [0.05, 0.1) is 17.2 Å². The lowest BCUT2D eigenvalue weighted by atomic mass is 9.88. The Hall–Kier alpha value is -1.88. The summed E-state index contributed by atoms with van der Waals surface area (Å²) in [5.41, 5.74) is 0.241. The van der Waals surface area contributed by atoms with Crippen molar-refractivity contribution in [1.82, 2.24) is 0 Å². The number of aliphatic hydroxyl groups is 1. The highest BCUT2D eigenvalue weighted by molar-refractivity contribution is 6.02.